The van der Waals surface area contributed by atoms with Crippen LogP contribution in [0.25, 0.3) is 10.9 Å². The molecule has 0 saturated heterocycles. The van der Waals surface area contributed by atoms with Gasteiger partial charge in [-0.2, -0.15) is 0 Å². The minimum absolute atomic E-state index is 0.00930. The Balaban J connectivity index is 1.82. The van der Waals surface area contributed by atoms with Gasteiger partial charge in [-0.15, -0.1) is 0 Å². The highest BCUT2D eigenvalue weighted by Gasteiger charge is 2.04. The van der Waals surface area contributed by atoms with Crippen molar-refractivity contribution in [2.75, 3.05) is 11.9 Å². The van der Waals surface area contributed by atoms with Crippen molar-refractivity contribution >= 4 is 34.4 Å². The molecule has 110 valence electrons. The Bertz CT molecular complexity index is 831. The maximum absolute atomic E-state index is 11.3. The summed E-state index contributed by atoms with van der Waals surface area (Å²) < 4.78 is 0. The summed E-state index contributed by atoms with van der Waals surface area (Å²) in [6.07, 6.45) is 3.80. The molecule has 0 spiro atoms. The van der Waals surface area contributed by atoms with Crippen LogP contribution in [0, 0.1) is 0 Å². The Morgan fingerprint density at radius 2 is 1.86 bits per heavy atom. The number of carbonyl (C=O) groups is 1. The number of benzene rings is 2. The van der Waals surface area contributed by atoms with Crippen molar-refractivity contribution in [1.82, 2.24) is 4.98 Å². The average molecular weight is 291 g/mol. The first-order valence-corrected chi connectivity index (χ1v) is 7.10. The molecular weight excluding hydrogens is 274 g/mol. The molecule has 3 aromatic rings. The molecule has 0 unspecified atom stereocenters. The van der Waals surface area contributed by atoms with E-state index in [2.05, 4.69) is 16.0 Å². The summed E-state index contributed by atoms with van der Waals surface area (Å²) in [7, 11) is 1.76. The monoisotopic (exact) mass is 291 g/mol. The van der Waals surface area contributed by atoms with Gasteiger partial charge in [-0.3, -0.25) is 9.79 Å². The Labute approximate surface area is 129 Å². The highest BCUT2D eigenvalue weighted by atomic mass is 16.2. The van der Waals surface area contributed by atoms with Crippen LogP contribution in [0.2, 0.25) is 0 Å². The van der Waals surface area contributed by atoms with Crippen molar-refractivity contribution < 1.29 is 4.79 Å². The van der Waals surface area contributed by atoms with E-state index in [1.54, 1.807) is 18.9 Å². The van der Waals surface area contributed by atoms with E-state index in [-0.39, 0.29) is 5.91 Å². The van der Waals surface area contributed by atoms with Gasteiger partial charge in [-0.1, -0.05) is 18.2 Å². The summed E-state index contributed by atoms with van der Waals surface area (Å²) in [5, 5.41) is 1.15. The van der Waals surface area contributed by atoms with Gasteiger partial charge in [-0.25, -0.2) is 0 Å². The smallest absolute Gasteiger partial charge is 0.223 e. The van der Waals surface area contributed by atoms with Crippen molar-refractivity contribution in [3.05, 3.63) is 60.3 Å². The van der Waals surface area contributed by atoms with Gasteiger partial charge >= 0.3 is 0 Å². The molecule has 0 atom stereocenters. The molecule has 0 aliphatic carbocycles. The molecule has 0 radical (unpaired) electrons. The van der Waals surface area contributed by atoms with Crippen LogP contribution in [0.15, 0.2) is 59.7 Å². The molecule has 1 amide bonds. The number of aromatic amines is 1. The lowest BCUT2D eigenvalue weighted by Gasteiger charge is -2.14. The number of rotatable bonds is 3. The standard InChI is InChI=1S/C18H17N3O/c1-13(22)21(2)16-9-7-15(8-10-16)19-11-14-12-20-18-6-4-3-5-17(14)18/h3-12,20H,1-2H3. The van der Waals surface area contributed by atoms with Gasteiger partial charge in [0, 0.05) is 48.5 Å². The first kappa shape index (κ1) is 14.1. The molecule has 0 aliphatic heterocycles. The van der Waals surface area contributed by atoms with Crippen molar-refractivity contribution in [2.45, 2.75) is 6.92 Å². The fraction of sp³-hybridized carbons (Fsp3) is 0.111. The number of aromatic nitrogens is 1. The van der Waals surface area contributed by atoms with E-state index in [0.717, 1.165) is 27.8 Å². The van der Waals surface area contributed by atoms with Gasteiger partial charge in [0.1, 0.15) is 0 Å². The van der Waals surface area contributed by atoms with E-state index in [0.29, 0.717) is 0 Å². The number of para-hydroxylation sites is 1. The summed E-state index contributed by atoms with van der Waals surface area (Å²) in [6, 6.07) is 15.7. The molecule has 4 heteroatoms. The van der Waals surface area contributed by atoms with Gasteiger partial charge in [-0.05, 0) is 30.3 Å². The number of amides is 1. The molecule has 1 aromatic heterocycles. The zero-order valence-corrected chi connectivity index (χ0v) is 12.6. The largest absolute Gasteiger partial charge is 0.361 e. The van der Waals surface area contributed by atoms with Crippen LogP contribution in [0.1, 0.15) is 12.5 Å². The number of H-pyrrole nitrogens is 1. The van der Waals surface area contributed by atoms with Crippen LogP contribution >= 0.6 is 0 Å². The topological polar surface area (TPSA) is 48.5 Å². The predicted octanol–water partition coefficient (Wildman–Crippen LogP) is 3.90. The minimum atomic E-state index is 0.00930. The summed E-state index contributed by atoms with van der Waals surface area (Å²) in [4.78, 5) is 20.7. The van der Waals surface area contributed by atoms with Crippen LogP contribution in [0.5, 0.6) is 0 Å². The maximum Gasteiger partial charge on any atom is 0.223 e. The van der Waals surface area contributed by atoms with E-state index in [1.807, 2.05) is 54.9 Å². The average Bonchev–Trinajstić information content (AvgIpc) is 2.96. The Morgan fingerprint density at radius 1 is 1.14 bits per heavy atom. The molecule has 22 heavy (non-hydrogen) atoms. The normalized spacial score (nSPS) is 11.2. The van der Waals surface area contributed by atoms with Crippen LogP contribution in [-0.4, -0.2) is 24.2 Å². The van der Waals surface area contributed by atoms with E-state index in [9.17, 15) is 4.79 Å². The van der Waals surface area contributed by atoms with E-state index < -0.39 is 0 Å². The maximum atomic E-state index is 11.3. The Morgan fingerprint density at radius 3 is 2.59 bits per heavy atom. The highest BCUT2D eigenvalue weighted by Crippen LogP contribution is 2.20. The van der Waals surface area contributed by atoms with Crippen LogP contribution < -0.4 is 4.90 Å². The van der Waals surface area contributed by atoms with Gasteiger partial charge in [0.05, 0.1) is 5.69 Å². The summed E-state index contributed by atoms with van der Waals surface area (Å²) in [5.41, 5.74) is 3.87. The Kier molecular flexibility index (Phi) is 3.74. The Hall–Kier alpha value is -2.88. The molecule has 2 aromatic carbocycles. The predicted molar refractivity (Wildman–Crippen MR) is 91.1 cm³/mol. The second-order valence-electron chi connectivity index (χ2n) is 5.14. The molecule has 1 N–H and O–H groups in total. The van der Waals surface area contributed by atoms with Gasteiger partial charge in [0.15, 0.2) is 0 Å². The van der Waals surface area contributed by atoms with Crippen molar-refractivity contribution in [3.63, 3.8) is 0 Å². The number of nitrogens with zero attached hydrogens (tertiary/aromatic N) is 2. The van der Waals surface area contributed by atoms with Crippen molar-refractivity contribution in [3.8, 4) is 0 Å². The van der Waals surface area contributed by atoms with Crippen LogP contribution in [-0.2, 0) is 4.79 Å². The molecule has 0 fully saturated rings. The zero-order chi connectivity index (χ0) is 15.5. The second-order valence-corrected chi connectivity index (χ2v) is 5.14. The molecule has 1 heterocycles. The molecule has 4 nitrogen and oxygen atoms in total. The first-order valence-electron chi connectivity index (χ1n) is 7.10. The lowest BCUT2D eigenvalue weighted by molar-refractivity contribution is -0.116. The number of fused-ring (bicyclic) bond motifs is 1. The third-order valence-corrected chi connectivity index (χ3v) is 3.68. The third kappa shape index (κ3) is 2.76. The quantitative estimate of drug-likeness (QED) is 0.731. The van der Waals surface area contributed by atoms with E-state index in [1.165, 1.54) is 0 Å². The van der Waals surface area contributed by atoms with Gasteiger partial charge in [0.2, 0.25) is 5.91 Å². The number of nitrogens with one attached hydrogen (secondary N) is 1. The lowest BCUT2D eigenvalue weighted by Crippen LogP contribution is -2.22. The second kappa shape index (κ2) is 5.85. The van der Waals surface area contributed by atoms with E-state index in [4.69, 9.17) is 0 Å². The zero-order valence-electron chi connectivity index (χ0n) is 12.6. The summed E-state index contributed by atoms with van der Waals surface area (Å²) in [5.74, 6) is 0.00930. The summed E-state index contributed by atoms with van der Waals surface area (Å²) >= 11 is 0. The molecule has 0 saturated carbocycles. The fourth-order valence-corrected chi connectivity index (χ4v) is 2.29. The number of aliphatic imine (C=N–C) groups is 1. The third-order valence-electron chi connectivity index (χ3n) is 3.68. The lowest BCUT2D eigenvalue weighted by atomic mass is 10.2. The van der Waals surface area contributed by atoms with Crippen LogP contribution in [0.4, 0.5) is 11.4 Å². The van der Waals surface area contributed by atoms with Crippen molar-refractivity contribution in [2.24, 2.45) is 4.99 Å². The highest BCUT2D eigenvalue weighted by molar-refractivity contribution is 5.99. The van der Waals surface area contributed by atoms with Gasteiger partial charge < -0.3 is 9.88 Å². The first-order chi connectivity index (χ1) is 10.6. The minimum Gasteiger partial charge on any atom is -0.361 e. The fourth-order valence-electron chi connectivity index (χ4n) is 2.29. The number of anilines is 1. The summed E-state index contributed by atoms with van der Waals surface area (Å²) in [6.45, 7) is 1.54. The number of hydrogen-bond acceptors (Lipinski definition) is 2. The molecule has 0 aliphatic rings. The SMILES string of the molecule is CC(=O)N(C)c1ccc(N=Cc2c[nH]c3ccccc23)cc1. The molecule has 3 rings (SSSR count). The van der Waals surface area contributed by atoms with Crippen LogP contribution in [0.3, 0.4) is 0 Å². The van der Waals surface area contributed by atoms with E-state index >= 15 is 0 Å². The molecular formula is C18H17N3O. The molecule has 0 bridgehead atoms. The number of hydrogen-bond donors (Lipinski definition) is 1. The van der Waals surface area contributed by atoms with Gasteiger partial charge in [0.25, 0.3) is 0 Å². The van der Waals surface area contributed by atoms with Crippen molar-refractivity contribution in [1.29, 1.82) is 0 Å². The number of carbonyl (C=O) groups excluding carboxylic acids is 1.